The van der Waals surface area contributed by atoms with Crippen molar-refractivity contribution in [3.63, 3.8) is 0 Å². The van der Waals surface area contributed by atoms with Gasteiger partial charge in [0.1, 0.15) is 0 Å². The summed E-state index contributed by atoms with van der Waals surface area (Å²) in [5.41, 5.74) is 0.530. The smallest absolute Gasteiger partial charge is 0.335 e. The van der Waals surface area contributed by atoms with E-state index in [4.69, 9.17) is 16.7 Å². The van der Waals surface area contributed by atoms with E-state index in [0.29, 0.717) is 5.69 Å². The van der Waals surface area contributed by atoms with Crippen molar-refractivity contribution in [2.45, 2.75) is 25.3 Å². The van der Waals surface area contributed by atoms with Crippen molar-refractivity contribution in [2.24, 2.45) is 0 Å². The lowest BCUT2D eigenvalue weighted by molar-refractivity contribution is -0.118. The molecule has 2 rings (SSSR count). The fourth-order valence-corrected chi connectivity index (χ4v) is 2.27. The Bertz CT molecular complexity index is 499. The van der Waals surface area contributed by atoms with Gasteiger partial charge in [0.05, 0.1) is 22.3 Å². The van der Waals surface area contributed by atoms with Gasteiger partial charge in [0, 0.05) is 0 Å². The van der Waals surface area contributed by atoms with Crippen LogP contribution in [-0.2, 0) is 4.79 Å². The number of aromatic carboxylic acids is 1. The third-order valence-corrected chi connectivity index (χ3v) is 3.41. The summed E-state index contributed by atoms with van der Waals surface area (Å²) in [4.78, 5) is 22.8. The van der Waals surface area contributed by atoms with E-state index in [9.17, 15) is 9.59 Å². The molecule has 1 fully saturated rings. The lowest BCUT2D eigenvalue weighted by Gasteiger charge is -2.22. The molecule has 1 unspecified atom stereocenters. The number of carbonyl (C=O) groups is 2. The minimum absolute atomic E-state index is 0.0961. The summed E-state index contributed by atoms with van der Waals surface area (Å²) in [7, 11) is 0. The first-order chi connectivity index (χ1) is 9.08. The van der Waals surface area contributed by atoms with Gasteiger partial charge < -0.3 is 15.7 Å². The summed E-state index contributed by atoms with van der Waals surface area (Å²) in [5, 5.41) is 14.9. The molecule has 102 valence electrons. The van der Waals surface area contributed by atoms with Gasteiger partial charge in [0.2, 0.25) is 5.91 Å². The second kappa shape index (κ2) is 6.04. The molecule has 1 aromatic carbocycles. The topological polar surface area (TPSA) is 78.4 Å². The highest BCUT2D eigenvalue weighted by atomic mass is 35.5. The second-order valence-corrected chi connectivity index (χ2v) is 4.90. The summed E-state index contributed by atoms with van der Waals surface area (Å²) < 4.78 is 0. The molecule has 0 spiro atoms. The molecule has 1 amide bonds. The molecule has 5 nitrogen and oxygen atoms in total. The zero-order valence-electron chi connectivity index (χ0n) is 10.3. The lowest BCUT2D eigenvalue weighted by atomic mass is 10.0. The predicted molar refractivity (Wildman–Crippen MR) is 72.7 cm³/mol. The number of carbonyl (C=O) groups excluding carboxylic acids is 1. The number of hydrogen-bond donors (Lipinski definition) is 3. The second-order valence-electron chi connectivity index (χ2n) is 4.49. The van der Waals surface area contributed by atoms with Crippen LogP contribution in [0.5, 0.6) is 0 Å². The Morgan fingerprint density at radius 3 is 2.74 bits per heavy atom. The van der Waals surface area contributed by atoms with E-state index in [1.807, 2.05) is 0 Å². The van der Waals surface area contributed by atoms with Crippen molar-refractivity contribution < 1.29 is 14.7 Å². The zero-order valence-corrected chi connectivity index (χ0v) is 11.0. The third kappa shape index (κ3) is 3.45. The number of amides is 1. The van der Waals surface area contributed by atoms with Gasteiger partial charge in [-0.15, -0.1) is 0 Å². The monoisotopic (exact) mass is 282 g/mol. The Balaban J connectivity index is 2.06. The highest BCUT2D eigenvalue weighted by Crippen LogP contribution is 2.23. The standard InChI is InChI=1S/C13H15ClN2O3/c14-9-7-8(13(18)19)4-5-10(9)16-12(17)11-3-1-2-6-15-11/h4-5,7,11,15H,1-3,6H2,(H,16,17)(H,18,19). The number of piperidine rings is 1. The summed E-state index contributed by atoms with van der Waals surface area (Å²) in [6.07, 6.45) is 2.91. The summed E-state index contributed by atoms with van der Waals surface area (Å²) in [6, 6.07) is 4.04. The normalized spacial score (nSPS) is 18.9. The van der Waals surface area contributed by atoms with Gasteiger partial charge in [0.25, 0.3) is 0 Å². The van der Waals surface area contributed by atoms with E-state index >= 15 is 0 Å². The molecule has 1 aliphatic heterocycles. The molecule has 19 heavy (non-hydrogen) atoms. The first-order valence-corrected chi connectivity index (χ1v) is 6.53. The number of carboxylic acid groups (broad SMARTS) is 1. The fourth-order valence-electron chi connectivity index (χ4n) is 2.04. The van der Waals surface area contributed by atoms with Crippen molar-refractivity contribution in [3.8, 4) is 0 Å². The maximum Gasteiger partial charge on any atom is 0.335 e. The Morgan fingerprint density at radius 2 is 2.16 bits per heavy atom. The van der Waals surface area contributed by atoms with Crippen molar-refractivity contribution in [1.82, 2.24) is 5.32 Å². The van der Waals surface area contributed by atoms with Gasteiger partial charge in [-0.3, -0.25) is 4.79 Å². The van der Waals surface area contributed by atoms with Crippen LogP contribution >= 0.6 is 11.6 Å². The maximum atomic E-state index is 12.0. The highest BCUT2D eigenvalue weighted by Gasteiger charge is 2.21. The van der Waals surface area contributed by atoms with Crippen LogP contribution in [0.2, 0.25) is 5.02 Å². The van der Waals surface area contributed by atoms with Crippen molar-refractivity contribution in [2.75, 3.05) is 11.9 Å². The predicted octanol–water partition coefficient (Wildman–Crippen LogP) is 2.12. The van der Waals surface area contributed by atoms with Gasteiger partial charge in [-0.2, -0.15) is 0 Å². The average molecular weight is 283 g/mol. The van der Waals surface area contributed by atoms with Crippen LogP contribution in [0.1, 0.15) is 29.6 Å². The van der Waals surface area contributed by atoms with Gasteiger partial charge in [-0.1, -0.05) is 18.0 Å². The Morgan fingerprint density at radius 1 is 1.37 bits per heavy atom. The minimum Gasteiger partial charge on any atom is -0.478 e. The van der Waals surface area contributed by atoms with Crippen molar-refractivity contribution in [1.29, 1.82) is 0 Å². The molecule has 1 heterocycles. The van der Waals surface area contributed by atoms with Gasteiger partial charge in [-0.05, 0) is 37.6 Å². The van der Waals surface area contributed by atoms with E-state index in [1.165, 1.54) is 18.2 Å². The summed E-state index contributed by atoms with van der Waals surface area (Å²) in [5.74, 6) is -1.18. The van der Waals surface area contributed by atoms with Gasteiger partial charge >= 0.3 is 5.97 Å². The zero-order chi connectivity index (χ0) is 13.8. The first-order valence-electron chi connectivity index (χ1n) is 6.15. The largest absolute Gasteiger partial charge is 0.478 e. The van der Waals surface area contributed by atoms with E-state index in [2.05, 4.69) is 10.6 Å². The fraction of sp³-hybridized carbons (Fsp3) is 0.385. The number of rotatable bonds is 3. The van der Waals surface area contributed by atoms with Crippen molar-refractivity contribution >= 4 is 29.2 Å². The maximum absolute atomic E-state index is 12.0. The lowest BCUT2D eigenvalue weighted by Crippen LogP contribution is -2.43. The number of halogens is 1. The van der Waals surface area contributed by atoms with Crippen molar-refractivity contribution in [3.05, 3.63) is 28.8 Å². The number of benzene rings is 1. The molecule has 0 aromatic heterocycles. The number of hydrogen-bond acceptors (Lipinski definition) is 3. The van der Waals surface area contributed by atoms with Crippen LogP contribution in [0.4, 0.5) is 5.69 Å². The molecule has 0 aliphatic carbocycles. The van der Waals surface area contributed by atoms with Crippen LogP contribution in [0, 0.1) is 0 Å². The number of carboxylic acids is 1. The van der Waals surface area contributed by atoms with E-state index in [1.54, 1.807) is 0 Å². The van der Waals surface area contributed by atoms with E-state index < -0.39 is 5.97 Å². The van der Waals surface area contributed by atoms with Crippen LogP contribution in [0.25, 0.3) is 0 Å². The molecular formula is C13H15ClN2O3. The Kier molecular flexibility index (Phi) is 4.39. The molecule has 0 bridgehead atoms. The molecule has 1 aliphatic rings. The molecule has 6 heteroatoms. The highest BCUT2D eigenvalue weighted by molar-refractivity contribution is 6.34. The number of nitrogens with one attached hydrogen (secondary N) is 2. The third-order valence-electron chi connectivity index (χ3n) is 3.10. The first kappa shape index (κ1) is 13.8. The van der Waals surface area contributed by atoms with E-state index in [-0.39, 0.29) is 22.5 Å². The molecule has 0 radical (unpaired) electrons. The van der Waals surface area contributed by atoms with Gasteiger partial charge in [-0.25, -0.2) is 4.79 Å². The van der Waals surface area contributed by atoms with Crippen LogP contribution in [0.3, 0.4) is 0 Å². The Hall–Kier alpha value is -1.59. The van der Waals surface area contributed by atoms with Crippen LogP contribution in [0.15, 0.2) is 18.2 Å². The molecule has 0 saturated carbocycles. The quantitative estimate of drug-likeness (QED) is 0.793. The Labute approximate surface area is 116 Å². The molecule has 1 saturated heterocycles. The minimum atomic E-state index is -1.05. The molecule has 1 atom stereocenters. The molecule has 3 N–H and O–H groups in total. The molecular weight excluding hydrogens is 268 g/mol. The van der Waals surface area contributed by atoms with Crippen LogP contribution in [-0.4, -0.2) is 29.6 Å². The summed E-state index contributed by atoms with van der Waals surface area (Å²) >= 11 is 5.96. The SMILES string of the molecule is O=C(O)c1ccc(NC(=O)C2CCCCN2)c(Cl)c1. The summed E-state index contributed by atoms with van der Waals surface area (Å²) in [6.45, 7) is 0.837. The van der Waals surface area contributed by atoms with E-state index in [0.717, 1.165) is 25.8 Å². The molecule has 1 aromatic rings. The van der Waals surface area contributed by atoms with Gasteiger partial charge in [0.15, 0.2) is 0 Å². The van der Waals surface area contributed by atoms with Crippen LogP contribution < -0.4 is 10.6 Å². The average Bonchev–Trinajstić information content (AvgIpc) is 2.41. The number of anilines is 1.